The van der Waals surface area contributed by atoms with Gasteiger partial charge in [0.15, 0.2) is 0 Å². The summed E-state index contributed by atoms with van der Waals surface area (Å²) in [6, 6.07) is 4.37. The van der Waals surface area contributed by atoms with Crippen molar-refractivity contribution in [3.8, 4) is 0 Å². The second kappa shape index (κ2) is 13.9. The maximum absolute atomic E-state index is 13.2. The number of hydrogen-bond donors (Lipinski definition) is 2. The Morgan fingerprint density at radius 2 is 1.76 bits per heavy atom. The number of carbonyl (C=O) groups excluding carboxylic acids is 4. The van der Waals surface area contributed by atoms with Gasteiger partial charge in [0.05, 0.1) is 11.1 Å². The van der Waals surface area contributed by atoms with Crippen LogP contribution in [0.15, 0.2) is 35.7 Å². The van der Waals surface area contributed by atoms with Crippen LogP contribution < -0.4 is 10.6 Å². The monoisotopic (exact) mass is 527 g/mol. The molecule has 37 heavy (non-hydrogen) atoms. The van der Waals surface area contributed by atoms with Gasteiger partial charge in [-0.15, -0.1) is 18.3 Å². The molecule has 1 aromatic rings. The van der Waals surface area contributed by atoms with Gasteiger partial charge in [-0.1, -0.05) is 51.7 Å². The van der Waals surface area contributed by atoms with E-state index in [1.165, 1.54) is 25.7 Å². The Morgan fingerprint density at radius 3 is 2.43 bits per heavy atom. The third-order valence-corrected chi connectivity index (χ3v) is 8.79. The van der Waals surface area contributed by atoms with Crippen molar-refractivity contribution < 1.29 is 19.2 Å². The minimum atomic E-state index is -0.930. The van der Waals surface area contributed by atoms with Crippen LogP contribution in [0.2, 0.25) is 0 Å². The lowest BCUT2D eigenvalue weighted by atomic mass is 9.89. The largest absolute Gasteiger partial charge is 0.311 e. The Balaban J connectivity index is 1.39. The molecule has 0 aliphatic carbocycles. The summed E-state index contributed by atoms with van der Waals surface area (Å²) in [4.78, 5) is 51.7. The lowest BCUT2D eigenvalue weighted by Crippen LogP contribution is -2.54. The number of rotatable bonds is 16. The number of hydrogen-bond acceptors (Lipinski definition) is 6. The number of nitrogens with zero attached hydrogens (tertiary/aromatic N) is 1. The van der Waals surface area contributed by atoms with Gasteiger partial charge in [-0.2, -0.15) is 0 Å². The first kappa shape index (κ1) is 29.1. The fraction of sp³-hybridized carbons (Fsp3) is 0.586. The van der Waals surface area contributed by atoms with Crippen molar-refractivity contribution in [3.05, 3.63) is 42.0 Å². The van der Waals surface area contributed by atoms with Crippen LogP contribution >= 0.6 is 11.8 Å². The highest BCUT2D eigenvalue weighted by molar-refractivity contribution is 7.99. The first-order valence-corrected chi connectivity index (χ1v) is 14.7. The molecule has 1 saturated heterocycles. The van der Waals surface area contributed by atoms with Crippen LogP contribution in [0, 0.1) is 0 Å². The molecule has 0 radical (unpaired) electrons. The van der Waals surface area contributed by atoms with Crippen molar-refractivity contribution in [1.29, 1.82) is 0 Å². The average molecular weight is 528 g/mol. The number of amides is 4. The highest BCUT2D eigenvalue weighted by Gasteiger charge is 2.45. The number of benzene rings is 1. The topological polar surface area (TPSA) is 95.6 Å². The van der Waals surface area contributed by atoms with Gasteiger partial charge >= 0.3 is 0 Å². The van der Waals surface area contributed by atoms with Crippen LogP contribution in [0.3, 0.4) is 0 Å². The first-order chi connectivity index (χ1) is 17.9. The maximum atomic E-state index is 13.2. The molecule has 2 aliphatic heterocycles. The Kier molecular flexibility index (Phi) is 10.9. The van der Waals surface area contributed by atoms with E-state index in [0.29, 0.717) is 11.1 Å². The van der Waals surface area contributed by atoms with E-state index in [1.807, 2.05) is 12.1 Å². The normalized spacial score (nSPS) is 17.8. The van der Waals surface area contributed by atoms with Crippen molar-refractivity contribution in [2.75, 3.05) is 12.3 Å². The predicted octanol–water partition coefficient (Wildman–Crippen LogP) is 5.25. The van der Waals surface area contributed by atoms with Gasteiger partial charge in [0.1, 0.15) is 6.04 Å². The number of nitrogens with one attached hydrogen (secondary N) is 2. The molecule has 8 heteroatoms. The number of carbonyl (C=O) groups is 4. The molecule has 0 aromatic heterocycles. The summed E-state index contributed by atoms with van der Waals surface area (Å²) >= 11 is 1.59. The zero-order chi connectivity index (χ0) is 26.8. The molecule has 1 fully saturated rings. The van der Waals surface area contributed by atoms with Gasteiger partial charge in [0.2, 0.25) is 11.8 Å². The summed E-state index contributed by atoms with van der Waals surface area (Å²) in [5.74, 6) is -0.970. The molecule has 1 aromatic carbocycles. The van der Waals surface area contributed by atoms with Crippen LogP contribution in [0.5, 0.6) is 0 Å². The molecule has 0 bridgehead atoms. The van der Waals surface area contributed by atoms with Gasteiger partial charge in [-0.25, -0.2) is 0 Å². The summed E-state index contributed by atoms with van der Waals surface area (Å²) in [6.45, 7) is 9.43. The van der Waals surface area contributed by atoms with E-state index in [9.17, 15) is 19.2 Å². The zero-order valence-electron chi connectivity index (χ0n) is 22.3. The fourth-order valence-electron chi connectivity index (χ4n) is 5.21. The minimum absolute atomic E-state index is 0.121. The quantitative estimate of drug-likeness (QED) is 0.132. The molecule has 2 N–H and O–H groups in total. The third-order valence-electron chi connectivity index (χ3n) is 7.65. The van der Waals surface area contributed by atoms with E-state index in [1.54, 1.807) is 23.9 Å². The summed E-state index contributed by atoms with van der Waals surface area (Å²) in [5, 5.41) is 5.99. The molecule has 4 amide bonds. The van der Waals surface area contributed by atoms with Crippen LogP contribution in [0.1, 0.15) is 105 Å². The molecule has 2 heterocycles. The Morgan fingerprint density at radius 1 is 1.05 bits per heavy atom. The summed E-state index contributed by atoms with van der Waals surface area (Å²) in [7, 11) is 0. The average Bonchev–Trinajstić information content (AvgIpc) is 3.15. The van der Waals surface area contributed by atoms with Gasteiger partial charge in [0, 0.05) is 16.9 Å². The van der Waals surface area contributed by atoms with Gasteiger partial charge in [-0.3, -0.25) is 29.4 Å². The van der Waals surface area contributed by atoms with Crippen LogP contribution in [0.4, 0.5) is 0 Å². The van der Waals surface area contributed by atoms with Crippen molar-refractivity contribution in [2.45, 2.75) is 101 Å². The number of piperidine rings is 1. The van der Waals surface area contributed by atoms with E-state index >= 15 is 0 Å². The highest BCUT2D eigenvalue weighted by atomic mass is 32.2. The number of imide groups is 2. The van der Waals surface area contributed by atoms with E-state index in [0.717, 1.165) is 54.2 Å². The minimum Gasteiger partial charge on any atom is -0.311 e. The van der Waals surface area contributed by atoms with Crippen LogP contribution in [0.25, 0.3) is 0 Å². The third kappa shape index (κ3) is 7.11. The van der Waals surface area contributed by atoms with Crippen molar-refractivity contribution in [2.24, 2.45) is 0 Å². The summed E-state index contributed by atoms with van der Waals surface area (Å²) in [6.07, 6.45) is 12.5. The smallest absolute Gasteiger partial charge is 0.263 e. The second-order valence-corrected chi connectivity index (χ2v) is 11.1. The molecule has 3 rings (SSSR count). The molecule has 0 saturated carbocycles. The summed E-state index contributed by atoms with van der Waals surface area (Å²) < 4.78 is 0. The Bertz CT molecular complexity index is 1000. The van der Waals surface area contributed by atoms with Gasteiger partial charge in [0.25, 0.3) is 11.8 Å². The molecule has 0 spiro atoms. The highest BCUT2D eigenvalue weighted by Crippen LogP contribution is 2.34. The lowest BCUT2D eigenvalue weighted by Gasteiger charge is -2.32. The first-order valence-electron chi connectivity index (χ1n) is 13.7. The van der Waals surface area contributed by atoms with Crippen LogP contribution in [-0.2, 0) is 9.59 Å². The number of unbranched alkanes of at least 4 members (excludes halogenated alkanes) is 5. The number of thioether (sulfide) groups is 1. The van der Waals surface area contributed by atoms with E-state index in [-0.39, 0.29) is 24.3 Å². The number of fused-ring (bicyclic) bond motifs is 1. The van der Waals surface area contributed by atoms with Crippen LogP contribution in [-0.4, -0.2) is 52.4 Å². The lowest BCUT2D eigenvalue weighted by molar-refractivity contribution is -0.136. The molecule has 202 valence electrons. The van der Waals surface area contributed by atoms with Gasteiger partial charge < -0.3 is 5.32 Å². The molecular weight excluding hydrogens is 486 g/mol. The zero-order valence-corrected chi connectivity index (χ0v) is 23.1. The maximum Gasteiger partial charge on any atom is 0.263 e. The molecule has 1 unspecified atom stereocenters. The summed E-state index contributed by atoms with van der Waals surface area (Å²) in [5.41, 5.74) is 0.930. The van der Waals surface area contributed by atoms with Crippen molar-refractivity contribution >= 4 is 35.4 Å². The standard InChI is InChI=1S/C29H41N3O4S/c1-4-18-29(5-2,6-3)30-19-11-9-7-8-10-12-20-37-23-15-13-14-21-25(23)28(36)32(27(21)35)22-16-17-24(33)31-26(22)34/h4,13-15,22,30H,1,5-12,16-20H2,2-3H3,(H,31,33,34). The van der Waals surface area contributed by atoms with E-state index < -0.39 is 23.8 Å². The van der Waals surface area contributed by atoms with Crippen molar-refractivity contribution in [3.63, 3.8) is 0 Å². The fourth-order valence-corrected chi connectivity index (χ4v) is 6.30. The Hall–Kier alpha value is -2.45. The second-order valence-electron chi connectivity index (χ2n) is 10.0. The van der Waals surface area contributed by atoms with E-state index in [4.69, 9.17) is 0 Å². The molecule has 1 atom stereocenters. The Labute approximate surface area is 225 Å². The predicted molar refractivity (Wildman–Crippen MR) is 148 cm³/mol. The molecular formula is C29H41N3O4S. The van der Waals surface area contributed by atoms with Crippen molar-refractivity contribution in [1.82, 2.24) is 15.5 Å². The van der Waals surface area contributed by atoms with E-state index in [2.05, 4.69) is 31.1 Å². The molecule has 2 aliphatic rings. The van der Waals surface area contributed by atoms with Gasteiger partial charge in [-0.05, 0) is 63.0 Å². The SMILES string of the molecule is C=CCC(CC)(CC)NCCCCCCCCSc1cccc2c1C(=O)N(C1CCC(=O)NC1=O)C2=O. The molecule has 7 nitrogen and oxygen atoms in total.